The first-order valence-corrected chi connectivity index (χ1v) is 9.07. The van der Waals surface area contributed by atoms with Crippen LogP contribution in [0.2, 0.25) is 5.02 Å². The van der Waals surface area contributed by atoms with Crippen molar-refractivity contribution in [1.82, 2.24) is 14.5 Å². The average molecular weight is 364 g/mol. The maximum atomic E-state index is 12.5. The van der Waals surface area contributed by atoms with E-state index in [2.05, 4.69) is 16.5 Å². The standard InChI is InChI=1S/C19H26ClN3O2/c1-4-12-23-14-11-21-18(23)10-7-13-22(3)19(24)15(2)25-17-9-6-5-8-16(17)20/h5-6,8-9,11,14-15H,4,7,10,12-13H2,1-3H3. The van der Waals surface area contributed by atoms with Gasteiger partial charge in [-0.2, -0.15) is 0 Å². The molecule has 6 heteroatoms. The topological polar surface area (TPSA) is 47.4 Å². The molecule has 0 N–H and O–H groups in total. The molecule has 0 aliphatic rings. The summed E-state index contributed by atoms with van der Waals surface area (Å²) in [5, 5.41) is 0.507. The number of benzene rings is 1. The lowest BCUT2D eigenvalue weighted by Gasteiger charge is -2.22. The summed E-state index contributed by atoms with van der Waals surface area (Å²) in [5.74, 6) is 1.54. The number of likely N-dealkylation sites (N-methyl/N-ethyl adjacent to an activating group) is 1. The number of halogens is 1. The Bertz CT molecular complexity index is 687. The van der Waals surface area contributed by atoms with E-state index in [4.69, 9.17) is 16.3 Å². The van der Waals surface area contributed by atoms with E-state index >= 15 is 0 Å². The molecular weight excluding hydrogens is 338 g/mol. The third kappa shape index (κ3) is 5.49. The van der Waals surface area contributed by atoms with E-state index in [1.807, 2.05) is 24.5 Å². The number of aryl methyl sites for hydroxylation is 2. The Morgan fingerprint density at radius 1 is 1.40 bits per heavy atom. The smallest absolute Gasteiger partial charge is 0.263 e. The van der Waals surface area contributed by atoms with Crippen LogP contribution in [0.5, 0.6) is 5.75 Å². The van der Waals surface area contributed by atoms with Crippen LogP contribution in [0.4, 0.5) is 0 Å². The van der Waals surface area contributed by atoms with E-state index in [1.165, 1.54) is 0 Å². The molecule has 0 fully saturated rings. The molecular formula is C19H26ClN3O2. The molecule has 1 amide bonds. The highest BCUT2D eigenvalue weighted by atomic mass is 35.5. The minimum Gasteiger partial charge on any atom is -0.479 e. The lowest BCUT2D eigenvalue weighted by molar-refractivity contribution is -0.136. The average Bonchev–Trinajstić information content (AvgIpc) is 3.03. The molecule has 2 rings (SSSR count). The van der Waals surface area contributed by atoms with Crippen LogP contribution < -0.4 is 4.74 Å². The molecule has 1 heterocycles. The number of carbonyl (C=O) groups is 1. The van der Waals surface area contributed by atoms with Gasteiger partial charge in [0.1, 0.15) is 11.6 Å². The van der Waals surface area contributed by atoms with Gasteiger partial charge < -0.3 is 14.2 Å². The highest BCUT2D eigenvalue weighted by Crippen LogP contribution is 2.24. The summed E-state index contributed by atoms with van der Waals surface area (Å²) in [6.07, 6.45) is 6.06. The van der Waals surface area contributed by atoms with Gasteiger partial charge in [0.15, 0.2) is 6.10 Å². The molecule has 1 atom stereocenters. The van der Waals surface area contributed by atoms with Gasteiger partial charge in [0, 0.05) is 39.0 Å². The molecule has 0 saturated carbocycles. The largest absolute Gasteiger partial charge is 0.479 e. The zero-order chi connectivity index (χ0) is 18.2. The zero-order valence-electron chi connectivity index (χ0n) is 15.1. The lowest BCUT2D eigenvalue weighted by Crippen LogP contribution is -2.38. The van der Waals surface area contributed by atoms with Gasteiger partial charge >= 0.3 is 0 Å². The molecule has 0 aliphatic heterocycles. The molecule has 25 heavy (non-hydrogen) atoms. The van der Waals surface area contributed by atoms with Crippen molar-refractivity contribution in [2.24, 2.45) is 0 Å². The maximum Gasteiger partial charge on any atom is 0.263 e. The summed E-state index contributed by atoms with van der Waals surface area (Å²) in [6.45, 7) is 5.54. The molecule has 0 aliphatic carbocycles. The Kier molecular flexibility index (Phi) is 7.31. The van der Waals surface area contributed by atoms with Gasteiger partial charge in [0.25, 0.3) is 5.91 Å². The molecule has 1 aromatic carbocycles. The van der Waals surface area contributed by atoms with Crippen LogP contribution >= 0.6 is 11.6 Å². The summed E-state index contributed by atoms with van der Waals surface area (Å²) in [4.78, 5) is 18.6. The van der Waals surface area contributed by atoms with Gasteiger partial charge in [-0.05, 0) is 31.9 Å². The number of hydrogen-bond acceptors (Lipinski definition) is 3. The highest BCUT2D eigenvalue weighted by Gasteiger charge is 2.20. The molecule has 1 unspecified atom stereocenters. The third-order valence-corrected chi connectivity index (χ3v) is 4.34. The molecule has 0 spiro atoms. The van der Waals surface area contributed by atoms with Crippen molar-refractivity contribution in [3.05, 3.63) is 47.5 Å². The fraction of sp³-hybridized carbons (Fsp3) is 0.474. The van der Waals surface area contributed by atoms with E-state index in [0.717, 1.165) is 31.6 Å². The summed E-state index contributed by atoms with van der Waals surface area (Å²) in [7, 11) is 1.80. The highest BCUT2D eigenvalue weighted by molar-refractivity contribution is 6.32. The van der Waals surface area contributed by atoms with E-state index in [9.17, 15) is 4.79 Å². The first-order valence-electron chi connectivity index (χ1n) is 8.69. The van der Waals surface area contributed by atoms with E-state index in [0.29, 0.717) is 17.3 Å². The monoisotopic (exact) mass is 363 g/mol. The van der Waals surface area contributed by atoms with Gasteiger partial charge in [-0.25, -0.2) is 4.98 Å². The molecule has 0 radical (unpaired) electrons. The van der Waals surface area contributed by atoms with Crippen molar-refractivity contribution in [1.29, 1.82) is 0 Å². The lowest BCUT2D eigenvalue weighted by atomic mass is 10.2. The molecule has 0 bridgehead atoms. The van der Waals surface area contributed by atoms with Crippen molar-refractivity contribution >= 4 is 17.5 Å². The van der Waals surface area contributed by atoms with Crippen molar-refractivity contribution in [3.63, 3.8) is 0 Å². The number of amides is 1. The van der Waals surface area contributed by atoms with E-state index < -0.39 is 6.10 Å². The van der Waals surface area contributed by atoms with Crippen molar-refractivity contribution in [3.8, 4) is 5.75 Å². The number of nitrogens with zero attached hydrogens (tertiary/aromatic N) is 3. The van der Waals surface area contributed by atoms with Crippen molar-refractivity contribution in [2.45, 2.75) is 45.8 Å². The second kappa shape index (κ2) is 9.47. The fourth-order valence-electron chi connectivity index (χ4n) is 2.69. The number of rotatable bonds is 9. The Morgan fingerprint density at radius 2 is 2.16 bits per heavy atom. The Balaban J connectivity index is 1.81. The molecule has 2 aromatic rings. The van der Waals surface area contributed by atoms with Gasteiger partial charge in [0.05, 0.1) is 5.02 Å². The van der Waals surface area contributed by atoms with Crippen LogP contribution in [-0.4, -0.2) is 40.1 Å². The van der Waals surface area contributed by atoms with Crippen molar-refractivity contribution in [2.75, 3.05) is 13.6 Å². The number of hydrogen-bond donors (Lipinski definition) is 0. The second-order valence-corrected chi connectivity index (χ2v) is 6.50. The SMILES string of the molecule is CCCn1ccnc1CCCN(C)C(=O)C(C)Oc1ccccc1Cl. The van der Waals surface area contributed by atoms with Gasteiger partial charge in [-0.1, -0.05) is 30.7 Å². The quantitative estimate of drug-likeness (QED) is 0.680. The Morgan fingerprint density at radius 3 is 2.88 bits per heavy atom. The molecule has 136 valence electrons. The summed E-state index contributed by atoms with van der Waals surface area (Å²) < 4.78 is 7.86. The predicted molar refractivity (Wildman–Crippen MR) is 100 cm³/mol. The van der Waals surface area contributed by atoms with E-state index in [1.54, 1.807) is 31.0 Å². The van der Waals surface area contributed by atoms with Crippen molar-refractivity contribution < 1.29 is 9.53 Å². The second-order valence-electron chi connectivity index (χ2n) is 6.09. The Hall–Kier alpha value is -2.01. The molecule has 1 aromatic heterocycles. The van der Waals surface area contributed by atoms with Gasteiger partial charge in [-0.15, -0.1) is 0 Å². The predicted octanol–water partition coefficient (Wildman–Crippen LogP) is 3.81. The van der Waals surface area contributed by atoms with Crippen LogP contribution in [0.25, 0.3) is 0 Å². The first-order chi connectivity index (χ1) is 12.0. The minimum absolute atomic E-state index is 0.0585. The van der Waals surface area contributed by atoms with Crippen LogP contribution in [0.1, 0.15) is 32.5 Å². The minimum atomic E-state index is -0.577. The number of ether oxygens (including phenoxy) is 1. The number of aromatic nitrogens is 2. The van der Waals surface area contributed by atoms with Gasteiger partial charge in [-0.3, -0.25) is 4.79 Å². The van der Waals surface area contributed by atoms with Crippen LogP contribution in [0, 0.1) is 0 Å². The Labute approximate surface area is 154 Å². The normalized spacial score (nSPS) is 12.0. The van der Waals surface area contributed by atoms with Crippen LogP contribution in [0.15, 0.2) is 36.7 Å². The molecule has 0 saturated heterocycles. The third-order valence-electron chi connectivity index (χ3n) is 4.02. The fourth-order valence-corrected chi connectivity index (χ4v) is 2.87. The zero-order valence-corrected chi connectivity index (χ0v) is 15.9. The summed E-state index contributed by atoms with van der Waals surface area (Å²) >= 11 is 6.07. The van der Waals surface area contributed by atoms with Gasteiger partial charge in [0.2, 0.25) is 0 Å². The number of carbonyl (C=O) groups excluding carboxylic acids is 1. The molecule has 5 nitrogen and oxygen atoms in total. The first kappa shape index (κ1) is 19.3. The van der Waals surface area contributed by atoms with Crippen LogP contribution in [-0.2, 0) is 17.8 Å². The summed E-state index contributed by atoms with van der Waals surface area (Å²) in [5.41, 5.74) is 0. The number of imidazole rings is 1. The maximum absolute atomic E-state index is 12.5. The van der Waals surface area contributed by atoms with Crippen LogP contribution in [0.3, 0.4) is 0 Å². The number of para-hydroxylation sites is 1. The summed E-state index contributed by atoms with van der Waals surface area (Å²) in [6, 6.07) is 7.17. The van der Waals surface area contributed by atoms with E-state index in [-0.39, 0.29) is 5.91 Å².